The Kier molecular flexibility index (Phi) is 5.54. The molecule has 2 radical (unpaired) electrons. The summed E-state index contributed by atoms with van der Waals surface area (Å²) in [5.74, 6) is -1.01. The van der Waals surface area contributed by atoms with Crippen LogP contribution in [0.4, 0.5) is 4.79 Å². The van der Waals surface area contributed by atoms with Gasteiger partial charge in [-0.1, -0.05) is 60.7 Å². The van der Waals surface area contributed by atoms with Gasteiger partial charge in [-0.3, -0.25) is 9.59 Å². The summed E-state index contributed by atoms with van der Waals surface area (Å²) in [5, 5.41) is 2.74. The third kappa shape index (κ3) is 4.72. The Morgan fingerprint density at radius 3 is 2.28 bits per heavy atom. The predicted molar refractivity (Wildman–Crippen MR) is 96.4 cm³/mol. The van der Waals surface area contributed by atoms with Gasteiger partial charge in [0.15, 0.2) is 5.81 Å². The molecule has 1 aliphatic heterocycles. The van der Waals surface area contributed by atoms with E-state index < -0.39 is 5.81 Å². The summed E-state index contributed by atoms with van der Waals surface area (Å²) in [6.07, 6.45) is 1.42. The number of nitrogens with one attached hydrogen (secondary N) is 1. The largest absolute Gasteiger partial charge is 0.460 e. The first kappa shape index (κ1) is 17.3. The van der Waals surface area contributed by atoms with Gasteiger partial charge in [-0.15, -0.1) is 0 Å². The molecule has 4 nitrogen and oxygen atoms in total. The van der Waals surface area contributed by atoms with E-state index in [0.717, 1.165) is 11.1 Å². The Balaban J connectivity index is 1.69. The number of amides is 1. The smallest absolute Gasteiger partial charge is 0.309 e. The zero-order chi connectivity index (χ0) is 17.6. The minimum Gasteiger partial charge on any atom is -0.460 e. The summed E-state index contributed by atoms with van der Waals surface area (Å²) in [6, 6.07) is 19.3. The minimum atomic E-state index is -0.608. The number of hydrogen-bond acceptors (Lipinski definition) is 3. The van der Waals surface area contributed by atoms with E-state index in [1.807, 2.05) is 60.7 Å². The van der Waals surface area contributed by atoms with Crippen LogP contribution in [0.15, 0.2) is 60.7 Å². The molecule has 3 atom stereocenters. The van der Waals surface area contributed by atoms with E-state index in [2.05, 4.69) is 5.32 Å². The van der Waals surface area contributed by atoms with E-state index in [1.54, 1.807) is 0 Å². The highest BCUT2D eigenvalue weighted by Gasteiger charge is 2.39. The van der Waals surface area contributed by atoms with Crippen molar-refractivity contribution in [3.05, 3.63) is 71.8 Å². The second-order valence-electron chi connectivity index (χ2n) is 6.40. The molecule has 0 bridgehead atoms. The van der Waals surface area contributed by atoms with Crippen molar-refractivity contribution in [3.63, 3.8) is 0 Å². The van der Waals surface area contributed by atoms with E-state index in [4.69, 9.17) is 12.6 Å². The monoisotopic (exact) mass is 333 g/mol. The summed E-state index contributed by atoms with van der Waals surface area (Å²) in [6.45, 7) is 0. The molecule has 1 saturated heterocycles. The van der Waals surface area contributed by atoms with Crippen LogP contribution in [0.1, 0.15) is 17.5 Å². The second-order valence-corrected chi connectivity index (χ2v) is 6.40. The van der Waals surface area contributed by atoms with Gasteiger partial charge in [0.25, 0.3) is 0 Å². The maximum absolute atomic E-state index is 12.3. The molecule has 0 aromatic heterocycles. The van der Waals surface area contributed by atoms with Crippen LogP contribution in [-0.2, 0) is 22.4 Å². The number of hydrogen-bond donors (Lipinski definition) is 1. The van der Waals surface area contributed by atoms with E-state index in [-0.39, 0.29) is 24.0 Å². The number of ether oxygens (including phenoxy) is 1. The highest BCUT2D eigenvalue weighted by atomic mass is 16.6. The van der Waals surface area contributed by atoms with E-state index >= 15 is 0 Å². The highest BCUT2D eigenvalue weighted by molar-refractivity contribution is 6.57. The van der Waals surface area contributed by atoms with Crippen LogP contribution < -0.4 is 5.32 Å². The van der Waals surface area contributed by atoms with Crippen LogP contribution in [0.5, 0.6) is 0 Å². The fourth-order valence-electron chi connectivity index (χ4n) is 3.31. The standard InChI is InChI=1S/C20H20BNO3/c21-20(24)22-17(12-15-9-5-2-6-10-15)18-13-16(19(23)25-18)11-14-7-3-1-4-8-14/h1-10,16-18H,11-13H2,(H,22,24)/t16-,17+,18+/m0/s1. The lowest BCUT2D eigenvalue weighted by Gasteiger charge is -2.23. The number of carbonyl (C=O) groups excluding carboxylic acids is 2. The molecular weight excluding hydrogens is 313 g/mol. The molecular formula is C20H20BNO3. The Hall–Kier alpha value is -2.56. The lowest BCUT2D eigenvalue weighted by molar-refractivity contribution is -0.145. The molecule has 1 heterocycles. The zero-order valence-corrected chi connectivity index (χ0v) is 13.9. The predicted octanol–water partition coefficient (Wildman–Crippen LogP) is 2.65. The Bertz CT molecular complexity index is 720. The fourth-order valence-corrected chi connectivity index (χ4v) is 3.31. The van der Waals surface area contributed by atoms with Crippen molar-refractivity contribution in [2.24, 2.45) is 5.92 Å². The van der Waals surface area contributed by atoms with Crippen molar-refractivity contribution < 1.29 is 14.3 Å². The van der Waals surface area contributed by atoms with E-state index in [0.29, 0.717) is 19.3 Å². The van der Waals surface area contributed by atoms with Crippen LogP contribution in [0.25, 0.3) is 0 Å². The zero-order valence-electron chi connectivity index (χ0n) is 13.9. The molecule has 25 heavy (non-hydrogen) atoms. The number of benzene rings is 2. The van der Waals surface area contributed by atoms with Crippen molar-refractivity contribution in [1.29, 1.82) is 0 Å². The molecule has 0 saturated carbocycles. The molecule has 1 N–H and O–H groups in total. The van der Waals surface area contributed by atoms with Crippen LogP contribution >= 0.6 is 0 Å². The van der Waals surface area contributed by atoms with Crippen molar-refractivity contribution in [3.8, 4) is 0 Å². The lowest BCUT2D eigenvalue weighted by Crippen LogP contribution is -2.44. The van der Waals surface area contributed by atoms with Crippen molar-refractivity contribution in [1.82, 2.24) is 5.32 Å². The molecule has 2 aromatic carbocycles. The SMILES string of the molecule is [B]C(=O)N[C@H](Cc1ccccc1)[C@H]1C[C@H](Cc2ccccc2)C(=O)O1. The number of esters is 1. The Morgan fingerprint density at radius 1 is 1.08 bits per heavy atom. The molecule has 0 aliphatic carbocycles. The second kappa shape index (κ2) is 8.01. The third-order valence-electron chi connectivity index (χ3n) is 4.52. The average Bonchev–Trinajstić information content (AvgIpc) is 2.96. The minimum absolute atomic E-state index is 0.194. The highest BCUT2D eigenvalue weighted by Crippen LogP contribution is 2.28. The molecule has 1 fully saturated rings. The van der Waals surface area contributed by atoms with Gasteiger partial charge in [-0.2, -0.15) is 0 Å². The van der Waals surface area contributed by atoms with Crippen LogP contribution in [-0.4, -0.2) is 31.8 Å². The quantitative estimate of drug-likeness (QED) is 0.653. The molecule has 1 amide bonds. The summed E-state index contributed by atoms with van der Waals surface area (Å²) in [5.41, 5.74) is 2.16. The van der Waals surface area contributed by atoms with Crippen LogP contribution in [0.2, 0.25) is 0 Å². The molecule has 126 valence electrons. The van der Waals surface area contributed by atoms with Crippen LogP contribution in [0.3, 0.4) is 0 Å². The molecule has 3 rings (SSSR count). The molecule has 0 spiro atoms. The number of carbonyl (C=O) groups is 2. The van der Waals surface area contributed by atoms with E-state index in [9.17, 15) is 9.59 Å². The van der Waals surface area contributed by atoms with Gasteiger partial charge in [-0.05, 0) is 24.0 Å². The molecule has 1 aliphatic rings. The first-order valence-electron chi connectivity index (χ1n) is 8.46. The summed E-state index contributed by atoms with van der Waals surface area (Å²) in [7, 11) is 5.32. The van der Waals surface area contributed by atoms with Gasteiger partial charge in [0.05, 0.1) is 12.0 Å². The normalized spacial score (nSPS) is 20.7. The molecule has 5 heteroatoms. The van der Waals surface area contributed by atoms with Gasteiger partial charge in [-0.25, -0.2) is 0 Å². The fraction of sp³-hybridized carbons (Fsp3) is 0.300. The van der Waals surface area contributed by atoms with Crippen molar-refractivity contribution in [2.75, 3.05) is 0 Å². The summed E-state index contributed by atoms with van der Waals surface area (Å²) < 4.78 is 5.57. The Morgan fingerprint density at radius 2 is 1.68 bits per heavy atom. The van der Waals surface area contributed by atoms with Gasteiger partial charge in [0.2, 0.25) is 7.85 Å². The van der Waals surface area contributed by atoms with Gasteiger partial charge < -0.3 is 10.1 Å². The van der Waals surface area contributed by atoms with Crippen molar-refractivity contribution in [2.45, 2.75) is 31.4 Å². The first-order valence-corrected chi connectivity index (χ1v) is 8.46. The first-order chi connectivity index (χ1) is 12.1. The van der Waals surface area contributed by atoms with Crippen molar-refractivity contribution >= 4 is 19.6 Å². The number of cyclic esters (lactones) is 1. The maximum atomic E-state index is 12.3. The lowest BCUT2D eigenvalue weighted by atomic mass is 9.91. The molecule has 2 aromatic rings. The van der Waals surface area contributed by atoms with Gasteiger partial charge >= 0.3 is 5.97 Å². The van der Waals surface area contributed by atoms with Crippen LogP contribution in [0, 0.1) is 5.92 Å². The Labute approximate surface area is 149 Å². The van der Waals surface area contributed by atoms with Gasteiger partial charge in [0.1, 0.15) is 6.10 Å². The average molecular weight is 333 g/mol. The number of rotatable bonds is 6. The topological polar surface area (TPSA) is 55.4 Å². The van der Waals surface area contributed by atoms with E-state index in [1.165, 1.54) is 0 Å². The maximum Gasteiger partial charge on any atom is 0.309 e. The summed E-state index contributed by atoms with van der Waals surface area (Å²) >= 11 is 0. The van der Waals surface area contributed by atoms with Gasteiger partial charge in [0, 0.05) is 6.42 Å². The molecule has 0 unspecified atom stereocenters. The third-order valence-corrected chi connectivity index (χ3v) is 4.52. The summed E-state index contributed by atoms with van der Waals surface area (Å²) in [4.78, 5) is 23.6.